The Morgan fingerprint density at radius 1 is 1.44 bits per heavy atom. The number of carbonyl (C=O) groups is 1. The monoisotopic (exact) mass is 233 g/mol. The number of piperazine rings is 1. The maximum atomic E-state index is 9.90. The molecule has 0 aromatic rings. The number of rotatable bonds is 2. The molecule has 1 atom stereocenters. The second-order valence-corrected chi connectivity index (χ2v) is 4.44. The number of hydrogen-bond donors (Lipinski definition) is 4. The van der Waals surface area contributed by atoms with Gasteiger partial charge in [-0.2, -0.15) is 0 Å². The maximum Gasteiger partial charge on any atom is 0.323 e. The zero-order chi connectivity index (χ0) is 12.8. The minimum Gasteiger partial charge on any atom is -0.480 e. The predicted molar refractivity (Wildman–Crippen MR) is 62.0 cm³/mol. The number of nitrogens with two attached hydrogens (primary N) is 1. The van der Waals surface area contributed by atoms with E-state index >= 15 is 0 Å². The van der Waals surface area contributed by atoms with Gasteiger partial charge in [0, 0.05) is 26.2 Å². The maximum absolute atomic E-state index is 9.90. The molecule has 1 heterocycles. The highest BCUT2D eigenvalue weighted by Crippen LogP contribution is 1.95. The molecule has 1 rings (SSSR count). The quantitative estimate of drug-likeness (QED) is 0.490. The van der Waals surface area contributed by atoms with Crippen LogP contribution in [0.2, 0.25) is 0 Å². The summed E-state index contributed by atoms with van der Waals surface area (Å²) in [6.45, 7) is 8.64. The molecule has 0 aromatic carbocycles. The molecule has 0 bridgehead atoms. The van der Waals surface area contributed by atoms with Crippen LogP contribution in [0.5, 0.6) is 0 Å². The van der Waals surface area contributed by atoms with E-state index in [2.05, 4.69) is 10.2 Å². The Balaban J connectivity index is 0.000000293. The summed E-state index contributed by atoms with van der Waals surface area (Å²) in [6.07, 6.45) is -0.271. The molecule has 1 aliphatic rings. The average molecular weight is 233 g/mol. The molecule has 6 nitrogen and oxygen atoms in total. The SMILES string of the molecule is CC(C)(N)C(=O)O.CC(O)N1CCNCC1. The number of nitrogens with zero attached hydrogens (tertiary/aromatic N) is 1. The van der Waals surface area contributed by atoms with Gasteiger partial charge in [-0.25, -0.2) is 0 Å². The van der Waals surface area contributed by atoms with E-state index < -0.39 is 11.5 Å². The fourth-order valence-electron chi connectivity index (χ4n) is 1.06. The largest absolute Gasteiger partial charge is 0.480 e. The van der Waals surface area contributed by atoms with Gasteiger partial charge in [-0.15, -0.1) is 0 Å². The van der Waals surface area contributed by atoms with Gasteiger partial charge < -0.3 is 21.3 Å². The Labute approximate surface area is 96.4 Å². The molecule has 6 heteroatoms. The molecule has 0 aliphatic carbocycles. The molecular formula is C10H23N3O3. The van der Waals surface area contributed by atoms with Crippen molar-refractivity contribution in [3.05, 3.63) is 0 Å². The van der Waals surface area contributed by atoms with E-state index in [1.54, 1.807) is 0 Å². The number of aliphatic hydroxyl groups is 1. The average Bonchev–Trinajstić information content (AvgIpc) is 2.18. The first-order valence-corrected chi connectivity index (χ1v) is 5.40. The van der Waals surface area contributed by atoms with Crippen LogP contribution in [0.1, 0.15) is 20.8 Å². The normalized spacial score (nSPS) is 19.6. The van der Waals surface area contributed by atoms with Gasteiger partial charge in [0.2, 0.25) is 0 Å². The summed E-state index contributed by atoms with van der Waals surface area (Å²) in [7, 11) is 0. The Morgan fingerprint density at radius 3 is 2.00 bits per heavy atom. The molecule has 1 saturated heterocycles. The molecule has 0 radical (unpaired) electrons. The minimum absolute atomic E-state index is 0.271. The van der Waals surface area contributed by atoms with E-state index in [-0.39, 0.29) is 6.23 Å². The molecule has 16 heavy (non-hydrogen) atoms. The van der Waals surface area contributed by atoms with Crippen LogP contribution in [0, 0.1) is 0 Å². The fourth-order valence-corrected chi connectivity index (χ4v) is 1.06. The van der Waals surface area contributed by atoms with Crippen LogP contribution in [0.25, 0.3) is 0 Å². The summed E-state index contributed by atoms with van der Waals surface area (Å²) in [5, 5.41) is 20.4. The van der Waals surface area contributed by atoms with Crippen LogP contribution in [-0.2, 0) is 4.79 Å². The summed E-state index contributed by atoms with van der Waals surface area (Å²) in [5.41, 5.74) is 4.00. The predicted octanol–water partition coefficient (Wildman–Crippen LogP) is -0.962. The topological polar surface area (TPSA) is 98.8 Å². The van der Waals surface area contributed by atoms with Crippen molar-refractivity contribution in [2.45, 2.75) is 32.5 Å². The van der Waals surface area contributed by atoms with Crippen molar-refractivity contribution in [2.24, 2.45) is 5.73 Å². The Bertz CT molecular complexity index is 208. The second kappa shape index (κ2) is 6.80. The zero-order valence-corrected chi connectivity index (χ0v) is 10.2. The summed E-state index contributed by atoms with van der Waals surface area (Å²) in [5.74, 6) is -0.979. The van der Waals surface area contributed by atoms with Gasteiger partial charge in [-0.05, 0) is 20.8 Å². The van der Waals surface area contributed by atoms with Gasteiger partial charge in [0.25, 0.3) is 0 Å². The molecule has 0 amide bonds. The number of carboxylic acid groups (broad SMARTS) is 1. The van der Waals surface area contributed by atoms with Crippen molar-refractivity contribution in [3.63, 3.8) is 0 Å². The van der Waals surface area contributed by atoms with Crippen LogP contribution in [0.3, 0.4) is 0 Å². The van der Waals surface area contributed by atoms with Gasteiger partial charge in [0.1, 0.15) is 11.8 Å². The van der Waals surface area contributed by atoms with Gasteiger partial charge in [0.05, 0.1) is 0 Å². The number of aliphatic carboxylic acids is 1. The lowest BCUT2D eigenvalue weighted by atomic mass is 10.1. The van der Waals surface area contributed by atoms with E-state index in [0.29, 0.717) is 0 Å². The Morgan fingerprint density at radius 2 is 1.81 bits per heavy atom. The zero-order valence-electron chi connectivity index (χ0n) is 10.2. The van der Waals surface area contributed by atoms with E-state index in [1.807, 2.05) is 6.92 Å². The summed E-state index contributed by atoms with van der Waals surface area (Å²) in [6, 6.07) is 0. The van der Waals surface area contributed by atoms with Crippen molar-refractivity contribution >= 4 is 5.97 Å². The third-order valence-electron chi connectivity index (χ3n) is 2.23. The molecule has 96 valence electrons. The molecule has 0 spiro atoms. The lowest BCUT2D eigenvalue weighted by Crippen LogP contribution is -2.47. The van der Waals surface area contributed by atoms with Crippen LogP contribution in [0.15, 0.2) is 0 Å². The molecule has 0 aromatic heterocycles. The highest BCUT2D eigenvalue weighted by molar-refractivity contribution is 5.77. The van der Waals surface area contributed by atoms with E-state index in [9.17, 15) is 4.79 Å². The third-order valence-corrected chi connectivity index (χ3v) is 2.23. The van der Waals surface area contributed by atoms with Crippen molar-refractivity contribution in [1.82, 2.24) is 10.2 Å². The number of aliphatic hydroxyl groups excluding tert-OH is 1. The van der Waals surface area contributed by atoms with Crippen LogP contribution in [-0.4, -0.2) is 59.0 Å². The van der Waals surface area contributed by atoms with E-state index in [0.717, 1.165) is 26.2 Å². The molecule has 1 unspecified atom stereocenters. The summed E-state index contributed by atoms with van der Waals surface area (Å²) in [4.78, 5) is 11.9. The first-order chi connectivity index (χ1) is 7.25. The molecular weight excluding hydrogens is 210 g/mol. The standard InChI is InChI=1S/C6H14N2O.C4H9NO2/c1-6(9)8-4-2-7-3-5-8;1-4(2,5)3(6)7/h6-7,9H,2-5H2,1H3;5H2,1-2H3,(H,6,7). The second-order valence-electron chi connectivity index (χ2n) is 4.44. The van der Waals surface area contributed by atoms with Crippen molar-refractivity contribution in [2.75, 3.05) is 26.2 Å². The van der Waals surface area contributed by atoms with Crippen molar-refractivity contribution in [3.8, 4) is 0 Å². The lowest BCUT2D eigenvalue weighted by molar-refractivity contribution is -0.141. The van der Waals surface area contributed by atoms with Gasteiger partial charge in [-0.3, -0.25) is 9.69 Å². The first kappa shape index (κ1) is 15.3. The van der Waals surface area contributed by atoms with Crippen LogP contribution >= 0.6 is 0 Å². The van der Waals surface area contributed by atoms with Gasteiger partial charge >= 0.3 is 5.97 Å². The highest BCUT2D eigenvalue weighted by Gasteiger charge is 2.19. The summed E-state index contributed by atoms with van der Waals surface area (Å²) >= 11 is 0. The molecule has 5 N–H and O–H groups in total. The van der Waals surface area contributed by atoms with E-state index in [1.165, 1.54) is 13.8 Å². The van der Waals surface area contributed by atoms with Crippen molar-refractivity contribution in [1.29, 1.82) is 0 Å². The summed E-state index contributed by atoms with van der Waals surface area (Å²) < 4.78 is 0. The molecule has 1 fully saturated rings. The number of nitrogens with one attached hydrogen (secondary N) is 1. The Kier molecular flexibility index (Phi) is 6.51. The fraction of sp³-hybridized carbons (Fsp3) is 0.900. The molecule has 0 saturated carbocycles. The number of hydrogen-bond acceptors (Lipinski definition) is 5. The first-order valence-electron chi connectivity index (χ1n) is 5.40. The van der Waals surface area contributed by atoms with E-state index in [4.69, 9.17) is 15.9 Å². The van der Waals surface area contributed by atoms with Crippen LogP contribution in [0.4, 0.5) is 0 Å². The Hall–Kier alpha value is -0.690. The van der Waals surface area contributed by atoms with Crippen LogP contribution < -0.4 is 11.1 Å². The van der Waals surface area contributed by atoms with Gasteiger partial charge in [-0.1, -0.05) is 0 Å². The van der Waals surface area contributed by atoms with Gasteiger partial charge in [0.15, 0.2) is 0 Å². The minimum atomic E-state index is -1.08. The molecule has 1 aliphatic heterocycles. The highest BCUT2D eigenvalue weighted by atomic mass is 16.4. The smallest absolute Gasteiger partial charge is 0.323 e. The van der Waals surface area contributed by atoms with Crippen molar-refractivity contribution < 1.29 is 15.0 Å². The number of carboxylic acids is 1. The third kappa shape index (κ3) is 6.73. The lowest BCUT2D eigenvalue weighted by Gasteiger charge is -2.29.